The molecule has 15 heavy (non-hydrogen) atoms. The Balaban J connectivity index is 4.23. The lowest BCUT2D eigenvalue weighted by molar-refractivity contribution is 0.208. The smallest absolute Gasteiger partial charge is 0.392 e. The van der Waals surface area contributed by atoms with E-state index < -0.39 is 15.6 Å². The van der Waals surface area contributed by atoms with E-state index in [1.807, 2.05) is 0 Å². The quantitative estimate of drug-likeness (QED) is 0.390. The molecular formula is C5H13NO7P2. The fraction of sp³-hybridized carbons (Fsp3) is 0.600. The number of aliphatic hydroxyl groups excluding tert-OH is 1. The van der Waals surface area contributed by atoms with Gasteiger partial charge in [-0.25, -0.2) is 14.6 Å². The molecule has 0 bridgehead atoms. The van der Waals surface area contributed by atoms with Gasteiger partial charge in [0.1, 0.15) is 0 Å². The Morgan fingerprint density at radius 2 is 2.00 bits per heavy atom. The van der Waals surface area contributed by atoms with Gasteiger partial charge in [0.25, 0.3) is 0 Å². The number of phosphoric acid groups is 1. The normalized spacial score (nSPS) is 20.7. The molecule has 8 nitrogen and oxygen atoms in total. The number of hydrogen-bond donors (Lipinski definition) is 4. The van der Waals surface area contributed by atoms with Crippen LogP contribution in [0, 0.1) is 0 Å². The molecule has 0 amide bonds. The van der Waals surface area contributed by atoms with Crippen LogP contribution in [0.5, 0.6) is 0 Å². The van der Waals surface area contributed by atoms with Crippen molar-refractivity contribution < 1.29 is 32.9 Å². The third-order valence-electron chi connectivity index (χ3n) is 1.12. The minimum absolute atomic E-state index is 0.249. The van der Waals surface area contributed by atoms with Crippen LogP contribution in [0.4, 0.5) is 0 Å². The van der Waals surface area contributed by atoms with Gasteiger partial charge >= 0.3 is 15.6 Å². The summed E-state index contributed by atoms with van der Waals surface area (Å²) in [6, 6.07) is 0. The monoisotopic (exact) mass is 261 g/mol. The van der Waals surface area contributed by atoms with Crippen LogP contribution in [0.2, 0.25) is 0 Å². The van der Waals surface area contributed by atoms with E-state index in [2.05, 4.69) is 14.3 Å². The molecule has 0 aromatic carbocycles. The van der Waals surface area contributed by atoms with Crippen molar-refractivity contribution in [2.24, 2.45) is 5.50 Å². The molecule has 0 heterocycles. The van der Waals surface area contributed by atoms with Gasteiger partial charge in [-0.1, -0.05) is 6.08 Å². The van der Waals surface area contributed by atoms with Crippen LogP contribution in [-0.2, 0) is 18.0 Å². The van der Waals surface area contributed by atoms with Crippen molar-refractivity contribution in [3.05, 3.63) is 11.6 Å². The highest BCUT2D eigenvalue weighted by atomic mass is 31.3. The van der Waals surface area contributed by atoms with Gasteiger partial charge in [-0.3, -0.25) is 4.52 Å². The Morgan fingerprint density at radius 3 is 2.40 bits per heavy atom. The molecule has 0 radical (unpaired) electrons. The number of nitrogens with two attached hydrogens (primary N) is 1. The number of aliphatic hydroxyl groups is 1. The van der Waals surface area contributed by atoms with E-state index in [-0.39, 0.29) is 13.2 Å². The lowest BCUT2D eigenvalue weighted by atomic mass is 10.3. The highest BCUT2D eigenvalue weighted by Crippen LogP contribution is 2.55. The third-order valence-corrected chi connectivity index (χ3v) is 3.33. The van der Waals surface area contributed by atoms with E-state index in [9.17, 15) is 9.13 Å². The molecule has 90 valence electrons. The SMILES string of the molecule is C/C(=C/CO)COP(=O)(O)OP(N)(=O)O. The molecule has 0 rings (SSSR count). The second kappa shape index (κ2) is 5.89. The van der Waals surface area contributed by atoms with Crippen molar-refractivity contribution in [3.63, 3.8) is 0 Å². The average Bonchev–Trinajstić information content (AvgIpc) is 1.97. The Hall–Kier alpha value is -0.0400. The van der Waals surface area contributed by atoms with E-state index in [1.54, 1.807) is 0 Å². The summed E-state index contributed by atoms with van der Waals surface area (Å²) in [5, 5.41) is 8.45. The second-order valence-electron chi connectivity index (χ2n) is 2.62. The molecule has 0 aliphatic rings. The minimum atomic E-state index is -4.65. The van der Waals surface area contributed by atoms with Crippen LogP contribution in [0.3, 0.4) is 0 Å². The Kier molecular flexibility index (Phi) is 5.87. The minimum Gasteiger partial charge on any atom is -0.392 e. The summed E-state index contributed by atoms with van der Waals surface area (Å²) in [5.74, 6) is 0. The van der Waals surface area contributed by atoms with Gasteiger partial charge in [0.05, 0.1) is 13.2 Å². The molecular weight excluding hydrogens is 248 g/mol. The van der Waals surface area contributed by atoms with E-state index in [1.165, 1.54) is 13.0 Å². The molecule has 0 aliphatic heterocycles. The molecule has 5 N–H and O–H groups in total. The number of hydrogen-bond acceptors (Lipinski definition) is 5. The van der Waals surface area contributed by atoms with Crippen molar-refractivity contribution in [2.45, 2.75) is 6.92 Å². The average molecular weight is 261 g/mol. The maximum atomic E-state index is 10.9. The summed E-state index contributed by atoms with van der Waals surface area (Å²) in [6.45, 7) is 0.951. The zero-order valence-electron chi connectivity index (χ0n) is 7.94. The largest absolute Gasteiger partial charge is 0.480 e. The molecule has 0 saturated heterocycles. The molecule has 2 unspecified atom stereocenters. The lowest BCUT2D eigenvalue weighted by Gasteiger charge is -2.13. The zero-order valence-corrected chi connectivity index (χ0v) is 9.73. The number of rotatable bonds is 6. The van der Waals surface area contributed by atoms with Crippen molar-refractivity contribution in [1.82, 2.24) is 0 Å². The standard InChI is InChI=1S/C5H13NO7P2/c1-5(2-3-7)4-12-15(10,11)13-14(6,8)9/h2,7H,3-4H2,1H3,(H,10,11)(H3,6,8,9)/b5-2-. The molecule has 0 aromatic rings. The topological polar surface area (TPSA) is 139 Å². The Morgan fingerprint density at radius 1 is 1.47 bits per heavy atom. The van der Waals surface area contributed by atoms with Gasteiger partial charge < -0.3 is 14.9 Å². The summed E-state index contributed by atoms with van der Waals surface area (Å²) in [6.07, 6.45) is 1.33. The van der Waals surface area contributed by atoms with Crippen LogP contribution >= 0.6 is 15.6 Å². The summed E-state index contributed by atoms with van der Waals surface area (Å²) < 4.78 is 29.5. The van der Waals surface area contributed by atoms with Crippen LogP contribution < -0.4 is 5.50 Å². The summed E-state index contributed by atoms with van der Waals surface area (Å²) in [4.78, 5) is 17.3. The van der Waals surface area contributed by atoms with Crippen molar-refractivity contribution in [2.75, 3.05) is 13.2 Å². The van der Waals surface area contributed by atoms with Crippen LogP contribution in [0.25, 0.3) is 0 Å². The van der Waals surface area contributed by atoms with Gasteiger partial charge in [0.15, 0.2) is 0 Å². The fourth-order valence-corrected chi connectivity index (χ4v) is 2.31. The predicted molar refractivity (Wildman–Crippen MR) is 51.7 cm³/mol. The van der Waals surface area contributed by atoms with E-state index >= 15 is 0 Å². The first-order chi connectivity index (χ1) is 6.66. The van der Waals surface area contributed by atoms with Crippen LogP contribution in [-0.4, -0.2) is 28.1 Å². The lowest BCUT2D eigenvalue weighted by Crippen LogP contribution is -2.01. The summed E-state index contributed by atoms with van der Waals surface area (Å²) in [5.41, 5.74) is 4.97. The highest BCUT2D eigenvalue weighted by molar-refractivity contribution is 7.62. The molecule has 2 atom stereocenters. The first kappa shape index (κ1) is 15.0. The van der Waals surface area contributed by atoms with Crippen molar-refractivity contribution in [3.8, 4) is 0 Å². The molecule has 0 aromatic heterocycles. The van der Waals surface area contributed by atoms with E-state index in [0.717, 1.165) is 0 Å². The zero-order chi connectivity index (χ0) is 12.1. The van der Waals surface area contributed by atoms with Gasteiger partial charge in [0, 0.05) is 0 Å². The Bertz CT molecular complexity index is 321. The fourth-order valence-electron chi connectivity index (χ4n) is 0.570. The maximum Gasteiger partial charge on any atom is 0.480 e. The van der Waals surface area contributed by atoms with Gasteiger partial charge in [-0.15, -0.1) is 0 Å². The number of phosphoric ester groups is 1. The van der Waals surface area contributed by atoms with Crippen molar-refractivity contribution >= 4 is 15.6 Å². The summed E-state index contributed by atoms with van der Waals surface area (Å²) in [7, 11) is -9.22. The second-order valence-corrected chi connectivity index (χ2v) is 5.60. The predicted octanol–water partition coefficient (Wildman–Crippen LogP) is 0.118. The van der Waals surface area contributed by atoms with Gasteiger partial charge in [-0.05, 0) is 12.5 Å². The van der Waals surface area contributed by atoms with E-state index in [0.29, 0.717) is 5.57 Å². The van der Waals surface area contributed by atoms with E-state index in [4.69, 9.17) is 14.9 Å². The highest BCUT2D eigenvalue weighted by Gasteiger charge is 2.30. The molecule has 0 aliphatic carbocycles. The van der Waals surface area contributed by atoms with Gasteiger partial charge in [-0.2, -0.15) is 4.31 Å². The third kappa shape index (κ3) is 8.92. The maximum absolute atomic E-state index is 10.9. The Labute approximate surface area is 86.5 Å². The summed E-state index contributed by atoms with van der Waals surface area (Å²) >= 11 is 0. The van der Waals surface area contributed by atoms with Crippen LogP contribution in [0.1, 0.15) is 6.92 Å². The molecule has 10 heteroatoms. The molecule has 0 fully saturated rings. The molecule has 0 spiro atoms. The van der Waals surface area contributed by atoms with Crippen LogP contribution in [0.15, 0.2) is 11.6 Å². The van der Waals surface area contributed by atoms with Crippen molar-refractivity contribution in [1.29, 1.82) is 0 Å². The van der Waals surface area contributed by atoms with Gasteiger partial charge in [0.2, 0.25) is 0 Å². The first-order valence-corrected chi connectivity index (χ1v) is 6.87. The molecule has 0 saturated carbocycles. The first-order valence-electron chi connectivity index (χ1n) is 3.73.